The first-order valence-electron chi connectivity index (χ1n) is 8.90. The highest BCUT2D eigenvalue weighted by Crippen LogP contribution is 2.24. The van der Waals surface area contributed by atoms with E-state index in [0.717, 1.165) is 6.07 Å². The van der Waals surface area contributed by atoms with Crippen molar-refractivity contribution < 1.29 is 23.8 Å². The van der Waals surface area contributed by atoms with Crippen molar-refractivity contribution in [2.45, 2.75) is 26.7 Å². The van der Waals surface area contributed by atoms with Crippen molar-refractivity contribution in [3.05, 3.63) is 34.9 Å². The number of hydrogen-bond donors (Lipinski definition) is 2. The molecule has 1 aromatic carbocycles. The Morgan fingerprint density at radius 2 is 1.93 bits per heavy atom. The summed E-state index contributed by atoms with van der Waals surface area (Å²) in [5.41, 5.74) is 1.95. The van der Waals surface area contributed by atoms with Gasteiger partial charge in [0.1, 0.15) is 11.3 Å². The second kappa shape index (κ2) is 7.96. The van der Waals surface area contributed by atoms with Crippen LogP contribution in [0.3, 0.4) is 0 Å². The Bertz CT molecular complexity index is 881. The topological polar surface area (TPSA) is 101 Å². The molecule has 3 rings (SSSR count). The SMILES string of the molecule is Cc1nc2cc(F)cc(C(=O)NCC(C(=O)O)C3CCOCC3)c2nc1C. The zero-order chi connectivity index (χ0) is 19.6. The number of rotatable bonds is 5. The molecule has 0 saturated carbocycles. The molecule has 1 aliphatic heterocycles. The summed E-state index contributed by atoms with van der Waals surface area (Å²) in [6.45, 7) is 4.53. The van der Waals surface area contributed by atoms with Gasteiger partial charge < -0.3 is 15.2 Å². The Labute approximate surface area is 156 Å². The van der Waals surface area contributed by atoms with E-state index in [1.807, 2.05) is 0 Å². The van der Waals surface area contributed by atoms with Gasteiger partial charge in [-0.2, -0.15) is 0 Å². The van der Waals surface area contributed by atoms with E-state index in [1.54, 1.807) is 13.8 Å². The van der Waals surface area contributed by atoms with Gasteiger partial charge in [-0.3, -0.25) is 9.59 Å². The third-order valence-electron chi connectivity index (χ3n) is 5.03. The van der Waals surface area contributed by atoms with E-state index < -0.39 is 23.6 Å². The Balaban J connectivity index is 1.83. The molecule has 1 amide bonds. The molecule has 2 N–H and O–H groups in total. The highest BCUT2D eigenvalue weighted by atomic mass is 19.1. The van der Waals surface area contributed by atoms with Gasteiger partial charge in [0.15, 0.2) is 0 Å². The maximum atomic E-state index is 14.0. The van der Waals surface area contributed by atoms with Crippen molar-refractivity contribution in [2.24, 2.45) is 11.8 Å². The first kappa shape index (κ1) is 19.2. The van der Waals surface area contributed by atoms with Crippen LogP contribution in [0.15, 0.2) is 12.1 Å². The van der Waals surface area contributed by atoms with Crippen LogP contribution in [0.4, 0.5) is 4.39 Å². The lowest BCUT2D eigenvalue weighted by Gasteiger charge is -2.27. The number of aryl methyl sites for hydroxylation is 2. The minimum Gasteiger partial charge on any atom is -0.481 e. The van der Waals surface area contributed by atoms with Crippen LogP contribution in [0.25, 0.3) is 11.0 Å². The average Bonchev–Trinajstić information content (AvgIpc) is 2.63. The number of benzene rings is 1. The Hall–Kier alpha value is -2.61. The summed E-state index contributed by atoms with van der Waals surface area (Å²) in [5.74, 6) is -2.89. The Morgan fingerprint density at radius 1 is 1.26 bits per heavy atom. The van der Waals surface area contributed by atoms with Gasteiger partial charge >= 0.3 is 5.97 Å². The number of nitrogens with zero attached hydrogens (tertiary/aromatic N) is 2. The van der Waals surface area contributed by atoms with E-state index in [1.165, 1.54) is 6.07 Å². The van der Waals surface area contributed by atoms with Gasteiger partial charge in [-0.05, 0) is 38.7 Å². The number of halogens is 1. The van der Waals surface area contributed by atoms with Crippen molar-refractivity contribution in [3.63, 3.8) is 0 Å². The van der Waals surface area contributed by atoms with Gasteiger partial charge in [0, 0.05) is 25.8 Å². The van der Waals surface area contributed by atoms with Crippen LogP contribution < -0.4 is 5.32 Å². The van der Waals surface area contributed by atoms with E-state index in [9.17, 15) is 19.1 Å². The van der Waals surface area contributed by atoms with E-state index >= 15 is 0 Å². The number of ether oxygens (including phenoxy) is 1. The fourth-order valence-electron chi connectivity index (χ4n) is 3.34. The molecule has 1 aliphatic rings. The first-order chi connectivity index (χ1) is 12.9. The van der Waals surface area contributed by atoms with Crippen LogP contribution >= 0.6 is 0 Å². The van der Waals surface area contributed by atoms with Crippen molar-refractivity contribution >= 4 is 22.9 Å². The van der Waals surface area contributed by atoms with E-state index in [-0.39, 0.29) is 18.0 Å². The first-order valence-corrected chi connectivity index (χ1v) is 8.90. The Kier molecular flexibility index (Phi) is 5.65. The molecule has 0 spiro atoms. The number of carboxylic acid groups (broad SMARTS) is 1. The fourth-order valence-corrected chi connectivity index (χ4v) is 3.34. The zero-order valence-electron chi connectivity index (χ0n) is 15.3. The number of carbonyl (C=O) groups excluding carboxylic acids is 1. The molecule has 1 aromatic heterocycles. The van der Waals surface area contributed by atoms with Gasteiger partial charge in [0.05, 0.1) is 28.4 Å². The number of hydrogen-bond acceptors (Lipinski definition) is 5. The maximum absolute atomic E-state index is 14.0. The van der Waals surface area contributed by atoms with E-state index in [4.69, 9.17) is 4.74 Å². The van der Waals surface area contributed by atoms with Gasteiger partial charge in [-0.1, -0.05) is 0 Å². The smallest absolute Gasteiger partial charge is 0.308 e. The number of carboxylic acids is 1. The monoisotopic (exact) mass is 375 g/mol. The Morgan fingerprint density at radius 3 is 2.59 bits per heavy atom. The summed E-state index contributed by atoms with van der Waals surface area (Å²) >= 11 is 0. The van der Waals surface area contributed by atoms with E-state index in [2.05, 4.69) is 15.3 Å². The second-order valence-corrected chi connectivity index (χ2v) is 6.82. The van der Waals surface area contributed by atoms with Crippen molar-refractivity contribution in [1.29, 1.82) is 0 Å². The van der Waals surface area contributed by atoms with Crippen LogP contribution in [0.5, 0.6) is 0 Å². The average molecular weight is 375 g/mol. The lowest BCUT2D eigenvalue weighted by molar-refractivity contribution is -0.144. The lowest BCUT2D eigenvalue weighted by atomic mass is 9.86. The summed E-state index contributed by atoms with van der Waals surface area (Å²) in [6.07, 6.45) is 1.28. The molecule has 1 fully saturated rings. The lowest BCUT2D eigenvalue weighted by Crippen LogP contribution is -2.39. The van der Waals surface area contributed by atoms with Crippen molar-refractivity contribution in [2.75, 3.05) is 19.8 Å². The summed E-state index contributed by atoms with van der Waals surface area (Å²) < 4.78 is 19.2. The van der Waals surface area contributed by atoms with Crippen LogP contribution in [-0.2, 0) is 9.53 Å². The number of amides is 1. The molecular formula is C19H22FN3O4. The summed E-state index contributed by atoms with van der Waals surface area (Å²) in [4.78, 5) is 32.9. The second-order valence-electron chi connectivity index (χ2n) is 6.82. The minimum atomic E-state index is -0.961. The summed E-state index contributed by atoms with van der Waals surface area (Å²) in [5, 5.41) is 12.2. The third kappa shape index (κ3) is 4.21. The van der Waals surface area contributed by atoms with Crippen molar-refractivity contribution in [1.82, 2.24) is 15.3 Å². The number of carbonyl (C=O) groups is 2. The zero-order valence-corrected chi connectivity index (χ0v) is 15.3. The molecule has 0 radical (unpaired) electrons. The minimum absolute atomic E-state index is 0.0326. The molecule has 0 aliphatic carbocycles. The molecule has 27 heavy (non-hydrogen) atoms. The highest BCUT2D eigenvalue weighted by molar-refractivity contribution is 6.04. The van der Waals surface area contributed by atoms with Crippen LogP contribution in [0, 0.1) is 31.5 Å². The molecule has 8 heteroatoms. The quantitative estimate of drug-likeness (QED) is 0.831. The molecule has 2 heterocycles. The van der Waals surface area contributed by atoms with Gasteiger partial charge in [0.2, 0.25) is 0 Å². The number of nitrogens with one attached hydrogen (secondary N) is 1. The molecule has 2 aromatic rings. The summed E-state index contributed by atoms with van der Waals surface area (Å²) in [7, 11) is 0. The van der Waals surface area contributed by atoms with Crippen LogP contribution in [0.2, 0.25) is 0 Å². The standard InChI is InChI=1S/C19H22FN3O4/c1-10-11(2)23-17-14(7-13(20)8-16(17)22-10)18(24)21-9-15(19(25)26)12-3-5-27-6-4-12/h7-8,12,15H,3-6,9H2,1-2H3,(H,21,24)(H,25,26). The predicted octanol–water partition coefficient (Wildman–Crippen LogP) is 2.24. The van der Waals surface area contributed by atoms with Gasteiger partial charge in [0.25, 0.3) is 5.91 Å². The number of aromatic nitrogens is 2. The molecule has 1 saturated heterocycles. The normalized spacial score (nSPS) is 16.3. The number of aliphatic carboxylic acids is 1. The summed E-state index contributed by atoms with van der Waals surface area (Å²) in [6, 6.07) is 2.33. The van der Waals surface area contributed by atoms with Crippen LogP contribution in [-0.4, -0.2) is 46.7 Å². The highest BCUT2D eigenvalue weighted by Gasteiger charge is 2.30. The largest absolute Gasteiger partial charge is 0.481 e. The van der Waals surface area contributed by atoms with Gasteiger partial charge in [-0.15, -0.1) is 0 Å². The maximum Gasteiger partial charge on any atom is 0.308 e. The van der Waals surface area contributed by atoms with Gasteiger partial charge in [-0.25, -0.2) is 14.4 Å². The molecular weight excluding hydrogens is 353 g/mol. The third-order valence-corrected chi connectivity index (χ3v) is 5.03. The van der Waals surface area contributed by atoms with E-state index in [0.29, 0.717) is 48.5 Å². The predicted molar refractivity (Wildman–Crippen MR) is 96.0 cm³/mol. The molecule has 144 valence electrons. The van der Waals surface area contributed by atoms with Crippen molar-refractivity contribution in [3.8, 4) is 0 Å². The number of fused-ring (bicyclic) bond motifs is 1. The molecule has 1 atom stereocenters. The fraction of sp³-hybridized carbons (Fsp3) is 0.474. The molecule has 1 unspecified atom stereocenters. The molecule has 0 bridgehead atoms. The van der Waals surface area contributed by atoms with Crippen LogP contribution in [0.1, 0.15) is 34.6 Å². The molecule has 7 nitrogen and oxygen atoms in total.